The average molecular weight is 248 g/mol. The van der Waals surface area contributed by atoms with Gasteiger partial charge in [-0.2, -0.15) is 0 Å². The summed E-state index contributed by atoms with van der Waals surface area (Å²) in [5, 5.41) is 3.54. The molecule has 1 atom stereocenters. The Hall–Kier alpha value is -1.29. The molecule has 1 saturated heterocycles. The van der Waals surface area contributed by atoms with Crippen LogP contribution in [-0.2, 0) is 4.79 Å². The van der Waals surface area contributed by atoms with E-state index < -0.39 is 0 Å². The second-order valence-corrected chi connectivity index (χ2v) is 5.38. The van der Waals surface area contributed by atoms with E-state index in [0.717, 1.165) is 12.1 Å². The van der Waals surface area contributed by atoms with Crippen molar-refractivity contribution in [1.82, 2.24) is 5.32 Å². The van der Waals surface area contributed by atoms with Crippen LogP contribution < -0.4 is 5.32 Å². The van der Waals surface area contributed by atoms with Gasteiger partial charge in [-0.15, -0.1) is 0 Å². The van der Waals surface area contributed by atoms with Crippen LogP contribution in [0.1, 0.15) is 24.5 Å². The first-order valence-corrected chi connectivity index (χ1v) is 6.61. The lowest BCUT2D eigenvalue weighted by Gasteiger charge is -2.01. The summed E-state index contributed by atoms with van der Waals surface area (Å²) in [5.41, 5.74) is 3.37. The van der Waals surface area contributed by atoms with E-state index >= 15 is 0 Å². The van der Waals surface area contributed by atoms with Gasteiger partial charge in [0.15, 0.2) is 5.17 Å². The lowest BCUT2D eigenvalue weighted by atomic mass is 10.1. The molecule has 0 bridgehead atoms. The van der Waals surface area contributed by atoms with Crippen molar-refractivity contribution in [3.8, 4) is 0 Å². The fourth-order valence-corrected chi connectivity index (χ4v) is 2.56. The number of hydrogen-bond acceptors (Lipinski definition) is 3. The third kappa shape index (κ3) is 2.69. The normalized spacial score (nSPS) is 21.9. The Morgan fingerprint density at radius 3 is 2.71 bits per heavy atom. The fraction of sp³-hybridized carbons (Fsp3) is 0.385. The molecule has 1 aliphatic rings. The predicted octanol–water partition coefficient (Wildman–Crippen LogP) is 2.93. The molecule has 1 N–H and O–H groups in total. The third-order valence-corrected chi connectivity index (χ3v) is 4.12. The number of thioether (sulfide) groups is 1. The van der Waals surface area contributed by atoms with Gasteiger partial charge in [0, 0.05) is 0 Å². The topological polar surface area (TPSA) is 41.5 Å². The highest BCUT2D eigenvalue weighted by molar-refractivity contribution is 8.15. The van der Waals surface area contributed by atoms with E-state index in [0.29, 0.717) is 5.17 Å². The molecule has 17 heavy (non-hydrogen) atoms. The molecule has 0 aliphatic carbocycles. The standard InChI is InChI=1S/C13H16N2OS/c1-4-11-12(16)15-13(17-11)14-10-6-5-8(2)9(3)7-10/h5-7,11H,4H2,1-3H3,(H,14,15,16). The molecule has 3 nitrogen and oxygen atoms in total. The van der Waals surface area contributed by atoms with Crippen molar-refractivity contribution in [2.45, 2.75) is 32.4 Å². The van der Waals surface area contributed by atoms with Crippen molar-refractivity contribution in [3.05, 3.63) is 29.3 Å². The van der Waals surface area contributed by atoms with E-state index in [9.17, 15) is 4.79 Å². The molecule has 4 heteroatoms. The summed E-state index contributed by atoms with van der Waals surface area (Å²) in [4.78, 5) is 16.0. The van der Waals surface area contributed by atoms with Crippen LogP contribution in [0, 0.1) is 13.8 Å². The molecule has 0 radical (unpaired) electrons. The Bertz CT molecular complexity index is 482. The van der Waals surface area contributed by atoms with E-state index in [1.54, 1.807) is 0 Å². The maximum absolute atomic E-state index is 11.5. The van der Waals surface area contributed by atoms with Crippen LogP contribution in [0.4, 0.5) is 5.69 Å². The molecular formula is C13H16N2OS. The Balaban J connectivity index is 2.20. The number of hydrogen-bond donors (Lipinski definition) is 1. The number of carbonyl (C=O) groups excluding carboxylic acids is 1. The quantitative estimate of drug-likeness (QED) is 0.874. The van der Waals surface area contributed by atoms with Crippen LogP contribution in [0.5, 0.6) is 0 Å². The van der Waals surface area contributed by atoms with Crippen molar-refractivity contribution in [2.75, 3.05) is 0 Å². The van der Waals surface area contributed by atoms with Crippen molar-refractivity contribution in [1.29, 1.82) is 0 Å². The summed E-state index contributed by atoms with van der Waals surface area (Å²) >= 11 is 1.51. The first-order chi connectivity index (χ1) is 8.10. The summed E-state index contributed by atoms with van der Waals surface area (Å²) in [6.07, 6.45) is 0.836. The van der Waals surface area contributed by atoms with Gasteiger partial charge in [0.1, 0.15) is 0 Å². The highest BCUT2D eigenvalue weighted by Gasteiger charge is 2.28. The van der Waals surface area contributed by atoms with Gasteiger partial charge in [0.25, 0.3) is 0 Å². The first kappa shape index (κ1) is 12.2. The predicted molar refractivity (Wildman–Crippen MR) is 72.8 cm³/mol. The Morgan fingerprint density at radius 1 is 1.35 bits per heavy atom. The van der Waals surface area contributed by atoms with Crippen LogP contribution >= 0.6 is 11.8 Å². The number of amidine groups is 1. The molecule has 1 amide bonds. The maximum Gasteiger partial charge on any atom is 0.239 e. The number of nitrogens with zero attached hydrogens (tertiary/aromatic N) is 1. The highest BCUT2D eigenvalue weighted by atomic mass is 32.2. The molecule has 1 aromatic carbocycles. The summed E-state index contributed by atoms with van der Waals surface area (Å²) in [5.74, 6) is 0.0695. The Labute approximate surface area is 106 Å². The third-order valence-electron chi connectivity index (χ3n) is 2.87. The van der Waals surface area contributed by atoms with E-state index in [1.165, 1.54) is 22.9 Å². The molecule has 0 saturated carbocycles. The smallest absolute Gasteiger partial charge is 0.239 e. The lowest BCUT2D eigenvalue weighted by molar-refractivity contribution is -0.118. The van der Waals surface area contributed by atoms with Crippen LogP contribution in [0.3, 0.4) is 0 Å². The van der Waals surface area contributed by atoms with Crippen LogP contribution in [0.25, 0.3) is 0 Å². The number of aryl methyl sites for hydroxylation is 2. The fourth-order valence-electron chi connectivity index (χ4n) is 1.64. The zero-order valence-electron chi connectivity index (χ0n) is 10.3. The van der Waals surface area contributed by atoms with Gasteiger partial charge < -0.3 is 5.32 Å². The number of aliphatic imine (C=N–C) groups is 1. The lowest BCUT2D eigenvalue weighted by Crippen LogP contribution is -2.24. The Morgan fingerprint density at radius 2 is 2.12 bits per heavy atom. The Kier molecular flexibility index (Phi) is 3.52. The number of benzene rings is 1. The number of nitrogens with one attached hydrogen (secondary N) is 1. The van der Waals surface area contributed by atoms with Crippen LogP contribution in [-0.4, -0.2) is 16.3 Å². The largest absolute Gasteiger partial charge is 0.304 e. The molecule has 1 heterocycles. The van der Waals surface area contributed by atoms with Crippen molar-refractivity contribution in [3.63, 3.8) is 0 Å². The summed E-state index contributed by atoms with van der Waals surface area (Å²) in [6, 6.07) is 6.06. The molecular weight excluding hydrogens is 232 g/mol. The second-order valence-electron chi connectivity index (χ2n) is 4.19. The van der Waals surface area contributed by atoms with Crippen molar-refractivity contribution in [2.24, 2.45) is 4.99 Å². The zero-order valence-corrected chi connectivity index (χ0v) is 11.1. The number of rotatable bonds is 2. The SMILES string of the molecule is CCC1SC(=Nc2ccc(C)c(C)c2)NC1=O. The van der Waals surface area contributed by atoms with Gasteiger partial charge in [-0.25, -0.2) is 4.99 Å². The molecule has 1 unspecified atom stereocenters. The summed E-state index contributed by atoms with van der Waals surface area (Å²) in [7, 11) is 0. The first-order valence-electron chi connectivity index (χ1n) is 5.73. The van der Waals surface area contributed by atoms with Crippen molar-refractivity contribution < 1.29 is 4.79 Å². The van der Waals surface area contributed by atoms with Crippen molar-refractivity contribution >= 4 is 28.5 Å². The second kappa shape index (κ2) is 4.92. The molecule has 0 aromatic heterocycles. The molecule has 1 fully saturated rings. The zero-order chi connectivity index (χ0) is 12.4. The van der Waals surface area contributed by atoms with Gasteiger partial charge >= 0.3 is 0 Å². The van der Waals surface area contributed by atoms with E-state index in [1.807, 2.05) is 25.1 Å². The molecule has 1 aromatic rings. The highest BCUT2D eigenvalue weighted by Crippen LogP contribution is 2.25. The minimum atomic E-state index is 0.0142. The maximum atomic E-state index is 11.5. The molecule has 90 valence electrons. The van der Waals surface area contributed by atoms with E-state index in [2.05, 4.69) is 24.2 Å². The average Bonchev–Trinajstić information content (AvgIpc) is 2.64. The van der Waals surface area contributed by atoms with Crippen LogP contribution in [0.15, 0.2) is 23.2 Å². The van der Waals surface area contributed by atoms with E-state index in [-0.39, 0.29) is 11.2 Å². The van der Waals surface area contributed by atoms with Gasteiger partial charge in [-0.1, -0.05) is 24.8 Å². The van der Waals surface area contributed by atoms with E-state index in [4.69, 9.17) is 0 Å². The summed E-state index contributed by atoms with van der Waals surface area (Å²) in [6.45, 7) is 6.15. The number of carbonyl (C=O) groups is 1. The minimum Gasteiger partial charge on any atom is -0.304 e. The number of amides is 1. The summed E-state index contributed by atoms with van der Waals surface area (Å²) < 4.78 is 0. The minimum absolute atomic E-state index is 0.0142. The van der Waals surface area contributed by atoms with Gasteiger partial charge in [0.05, 0.1) is 10.9 Å². The molecule has 2 rings (SSSR count). The molecule has 1 aliphatic heterocycles. The monoisotopic (exact) mass is 248 g/mol. The van der Waals surface area contributed by atoms with Gasteiger partial charge in [0.2, 0.25) is 5.91 Å². The van der Waals surface area contributed by atoms with Gasteiger partial charge in [-0.05, 0) is 43.5 Å². The van der Waals surface area contributed by atoms with Crippen LogP contribution in [0.2, 0.25) is 0 Å². The molecule has 0 spiro atoms. The van der Waals surface area contributed by atoms with Gasteiger partial charge in [-0.3, -0.25) is 4.79 Å².